The molecular formula is C14H10ClFO2S. The number of aromatic carboxylic acids is 1. The maximum atomic E-state index is 13.3. The molecule has 0 saturated carbocycles. The summed E-state index contributed by atoms with van der Waals surface area (Å²) in [4.78, 5) is 11.7. The lowest BCUT2D eigenvalue weighted by molar-refractivity contribution is 0.0696. The first-order chi connectivity index (χ1) is 9.06. The minimum absolute atomic E-state index is 0.0465. The van der Waals surface area contributed by atoms with E-state index in [1.807, 2.05) is 18.2 Å². The van der Waals surface area contributed by atoms with Crippen LogP contribution in [0.2, 0.25) is 5.02 Å². The van der Waals surface area contributed by atoms with Crippen molar-refractivity contribution in [1.29, 1.82) is 0 Å². The number of carboxylic acid groups (broad SMARTS) is 1. The van der Waals surface area contributed by atoms with Crippen LogP contribution in [0.5, 0.6) is 0 Å². The van der Waals surface area contributed by atoms with Crippen molar-refractivity contribution in [2.24, 2.45) is 0 Å². The van der Waals surface area contributed by atoms with E-state index in [9.17, 15) is 9.18 Å². The molecule has 2 nitrogen and oxygen atoms in total. The fourth-order valence-electron chi connectivity index (χ4n) is 1.58. The number of rotatable bonds is 4. The van der Waals surface area contributed by atoms with Crippen molar-refractivity contribution < 1.29 is 14.3 Å². The van der Waals surface area contributed by atoms with E-state index in [4.69, 9.17) is 16.7 Å². The number of hydrogen-bond donors (Lipinski definition) is 1. The van der Waals surface area contributed by atoms with Crippen molar-refractivity contribution in [3.63, 3.8) is 0 Å². The zero-order chi connectivity index (χ0) is 13.8. The van der Waals surface area contributed by atoms with Gasteiger partial charge in [0.05, 0.1) is 10.6 Å². The Hall–Kier alpha value is -1.52. The lowest BCUT2D eigenvalue weighted by Crippen LogP contribution is -1.98. The second-order valence-electron chi connectivity index (χ2n) is 3.87. The molecule has 2 rings (SSSR count). The van der Waals surface area contributed by atoms with Gasteiger partial charge in [0.2, 0.25) is 0 Å². The van der Waals surface area contributed by atoms with E-state index in [-0.39, 0.29) is 5.56 Å². The second-order valence-corrected chi connectivity index (χ2v) is 5.30. The normalized spacial score (nSPS) is 10.4. The van der Waals surface area contributed by atoms with Gasteiger partial charge in [-0.05, 0) is 35.9 Å². The van der Waals surface area contributed by atoms with E-state index in [2.05, 4.69) is 0 Å². The van der Waals surface area contributed by atoms with Crippen LogP contribution in [-0.2, 0) is 5.75 Å². The van der Waals surface area contributed by atoms with Crippen LogP contribution in [0.3, 0.4) is 0 Å². The molecule has 0 heterocycles. The summed E-state index contributed by atoms with van der Waals surface area (Å²) < 4.78 is 13.3. The number of thioether (sulfide) groups is 1. The van der Waals surface area contributed by atoms with Gasteiger partial charge in [-0.15, -0.1) is 11.8 Å². The van der Waals surface area contributed by atoms with Crippen molar-refractivity contribution in [2.75, 3.05) is 0 Å². The van der Waals surface area contributed by atoms with Gasteiger partial charge in [-0.1, -0.05) is 23.7 Å². The number of hydrogen-bond acceptors (Lipinski definition) is 2. The third-order valence-electron chi connectivity index (χ3n) is 2.44. The quantitative estimate of drug-likeness (QED) is 0.846. The summed E-state index contributed by atoms with van der Waals surface area (Å²) >= 11 is 7.45. The monoisotopic (exact) mass is 296 g/mol. The molecule has 19 heavy (non-hydrogen) atoms. The molecule has 0 spiro atoms. The Morgan fingerprint density at radius 2 is 2.00 bits per heavy atom. The maximum absolute atomic E-state index is 13.3. The topological polar surface area (TPSA) is 37.3 Å². The fourth-order valence-corrected chi connectivity index (χ4v) is 2.75. The standard InChI is InChI=1S/C14H10ClFO2S/c15-12-3-1-2-4-13(12)19-8-9-5-10(14(17)18)7-11(16)6-9/h1-7H,8H2,(H,17,18). The van der Waals surface area contributed by atoms with Gasteiger partial charge in [-0.3, -0.25) is 0 Å². The molecule has 5 heteroatoms. The van der Waals surface area contributed by atoms with Crippen molar-refractivity contribution >= 4 is 29.3 Å². The van der Waals surface area contributed by atoms with Gasteiger partial charge in [-0.25, -0.2) is 9.18 Å². The smallest absolute Gasteiger partial charge is 0.335 e. The van der Waals surface area contributed by atoms with Gasteiger partial charge in [0.25, 0.3) is 0 Å². The molecule has 0 aliphatic rings. The SMILES string of the molecule is O=C(O)c1cc(F)cc(CSc2ccccc2Cl)c1. The summed E-state index contributed by atoms with van der Waals surface area (Å²) in [5, 5.41) is 9.50. The number of benzene rings is 2. The Morgan fingerprint density at radius 1 is 1.26 bits per heavy atom. The molecule has 0 aliphatic carbocycles. The molecule has 2 aromatic rings. The number of carboxylic acids is 1. The first kappa shape index (κ1) is 13.9. The average Bonchev–Trinajstić information content (AvgIpc) is 2.37. The molecule has 0 atom stereocenters. The molecule has 0 aromatic heterocycles. The number of halogens is 2. The van der Waals surface area contributed by atoms with Gasteiger partial charge >= 0.3 is 5.97 Å². The summed E-state index contributed by atoms with van der Waals surface area (Å²) in [5.74, 6) is -1.22. The molecule has 0 amide bonds. The van der Waals surface area contributed by atoms with Crippen LogP contribution in [0.4, 0.5) is 4.39 Å². The Morgan fingerprint density at radius 3 is 2.68 bits per heavy atom. The van der Waals surface area contributed by atoms with Crippen LogP contribution in [0.15, 0.2) is 47.4 Å². The van der Waals surface area contributed by atoms with Crippen LogP contribution < -0.4 is 0 Å². The third-order valence-corrected chi connectivity index (χ3v) is 4.02. The van der Waals surface area contributed by atoms with Crippen LogP contribution >= 0.6 is 23.4 Å². The van der Waals surface area contributed by atoms with Gasteiger partial charge in [-0.2, -0.15) is 0 Å². The average molecular weight is 297 g/mol. The fraction of sp³-hybridized carbons (Fsp3) is 0.0714. The molecule has 0 unspecified atom stereocenters. The molecule has 0 fully saturated rings. The van der Waals surface area contributed by atoms with Crippen LogP contribution in [0.1, 0.15) is 15.9 Å². The van der Waals surface area contributed by atoms with Gasteiger partial charge in [0.1, 0.15) is 5.82 Å². The van der Waals surface area contributed by atoms with E-state index in [0.717, 1.165) is 11.0 Å². The largest absolute Gasteiger partial charge is 0.478 e. The van der Waals surface area contributed by atoms with Crippen molar-refractivity contribution in [1.82, 2.24) is 0 Å². The maximum Gasteiger partial charge on any atom is 0.335 e. The molecule has 0 bridgehead atoms. The Bertz CT molecular complexity index is 616. The first-order valence-corrected chi connectivity index (χ1v) is 6.83. The molecule has 0 aliphatic heterocycles. The second kappa shape index (κ2) is 6.08. The van der Waals surface area contributed by atoms with Crippen LogP contribution in [0, 0.1) is 5.82 Å². The van der Waals surface area contributed by atoms with Crippen LogP contribution in [-0.4, -0.2) is 11.1 Å². The first-order valence-electron chi connectivity index (χ1n) is 5.46. The molecule has 98 valence electrons. The lowest BCUT2D eigenvalue weighted by Gasteiger charge is -2.05. The molecule has 1 N–H and O–H groups in total. The molecule has 0 radical (unpaired) electrons. The summed E-state index contributed by atoms with van der Waals surface area (Å²) in [6.45, 7) is 0. The van der Waals surface area contributed by atoms with E-state index < -0.39 is 11.8 Å². The zero-order valence-corrected chi connectivity index (χ0v) is 11.3. The Balaban J connectivity index is 2.16. The van der Waals surface area contributed by atoms with Gasteiger partial charge in [0.15, 0.2) is 0 Å². The Kier molecular flexibility index (Phi) is 4.45. The van der Waals surface area contributed by atoms with E-state index >= 15 is 0 Å². The minimum atomic E-state index is -1.14. The van der Waals surface area contributed by atoms with E-state index in [0.29, 0.717) is 16.3 Å². The predicted octanol–water partition coefficient (Wildman–Crippen LogP) is 4.47. The molecular weight excluding hydrogens is 287 g/mol. The van der Waals surface area contributed by atoms with E-state index in [1.54, 1.807) is 6.07 Å². The minimum Gasteiger partial charge on any atom is -0.478 e. The van der Waals surface area contributed by atoms with Gasteiger partial charge in [0, 0.05) is 10.6 Å². The third kappa shape index (κ3) is 3.72. The number of carbonyl (C=O) groups is 1. The van der Waals surface area contributed by atoms with Crippen LogP contribution in [0.25, 0.3) is 0 Å². The summed E-state index contributed by atoms with van der Waals surface area (Å²) in [7, 11) is 0. The molecule has 0 saturated heterocycles. The zero-order valence-electron chi connectivity index (χ0n) is 9.77. The van der Waals surface area contributed by atoms with Gasteiger partial charge < -0.3 is 5.11 Å². The summed E-state index contributed by atoms with van der Waals surface area (Å²) in [6.07, 6.45) is 0. The highest BCUT2D eigenvalue weighted by molar-refractivity contribution is 7.98. The highest BCUT2D eigenvalue weighted by atomic mass is 35.5. The predicted molar refractivity (Wildman–Crippen MR) is 74.4 cm³/mol. The highest BCUT2D eigenvalue weighted by Gasteiger charge is 2.08. The Labute approximate surface area is 119 Å². The van der Waals surface area contributed by atoms with E-state index in [1.165, 1.54) is 23.9 Å². The van der Waals surface area contributed by atoms with Crippen molar-refractivity contribution in [3.05, 3.63) is 64.4 Å². The summed E-state index contributed by atoms with van der Waals surface area (Å²) in [6, 6.07) is 11.1. The van der Waals surface area contributed by atoms with Crippen molar-refractivity contribution in [2.45, 2.75) is 10.6 Å². The molecule has 2 aromatic carbocycles. The lowest BCUT2D eigenvalue weighted by atomic mass is 10.1. The van der Waals surface area contributed by atoms with Crippen molar-refractivity contribution in [3.8, 4) is 0 Å². The highest BCUT2D eigenvalue weighted by Crippen LogP contribution is 2.29. The summed E-state index contributed by atoms with van der Waals surface area (Å²) in [5.41, 5.74) is 0.567.